The average molecular weight is 296 g/mol. The lowest BCUT2D eigenvalue weighted by atomic mass is 10.0. The van der Waals surface area contributed by atoms with E-state index in [0.29, 0.717) is 31.2 Å². The van der Waals surface area contributed by atoms with Crippen LogP contribution in [0.4, 0.5) is 4.79 Å². The van der Waals surface area contributed by atoms with E-state index in [-0.39, 0.29) is 18.3 Å². The average Bonchev–Trinajstić information content (AvgIpc) is 2.97. The van der Waals surface area contributed by atoms with Gasteiger partial charge in [0.05, 0.1) is 6.61 Å². The molecule has 0 aromatic carbocycles. The first-order chi connectivity index (χ1) is 10.0. The van der Waals surface area contributed by atoms with Crippen molar-refractivity contribution in [1.29, 1.82) is 0 Å². The first kappa shape index (κ1) is 15.4. The Labute approximate surface area is 122 Å². The van der Waals surface area contributed by atoms with Gasteiger partial charge in [0.25, 0.3) is 5.91 Å². The van der Waals surface area contributed by atoms with Crippen LogP contribution >= 0.6 is 0 Å². The molecule has 1 atom stereocenters. The van der Waals surface area contributed by atoms with E-state index in [1.807, 2.05) is 13.8 Å². The van der Waals surface area contributed by atoms with E-state index >= 15 is 0 Å². The molecule has 0 bridgehead atoms. The molecule has 8 nitrogen and oxygen atoms in total. The zero-order valence-electron chi connectivity index (χ0n) is 12.5. The second-order valence-corrected chi connectivity index (χ2v) is 5.40. The first-order valence-electron chi connectivity index (χ1n) is 6.93. The van der Waals surface area contributed by atoms with Crippen LogP contribution in [0.1, 0.15) is 32.0 Å². The van der Waals surface area contributed by atoms with Gasteiger partial charge in [-0.2, -0.15) is 4.98 Å². The fraction of sp³-hybridized carbons (Fsp3) is 0.692. The van der Waals surface area contributed by atoms with Crippen LogP contribution in [0, 0.1) is 5.92 Å². The number of carbonyl (C=O) groups is 2. The minimum absolute atomic E-state index is 0.000750. The Balaban J connectivity index is 1.97. The van der Waals surface area contributed by atoms with E-state index in [2.05, 4.69) is 15.5 Å². The Morgan fingerprint density at radius 1 is 1.43 bits per heavy atom. The molecule has 8 heteroatoms. The summed E-state index contributed by atoms with van der Waals surface area (Å²) >= 11 is 0. The third kappa shape index (κ3) is 3.78. The molecular weight excluding hydrogens is 276 g/mol. The third-order valence-corrected chi connectivity index (χ3v) is 3.15. The number of carbonyl (C=O) groups excluding carboxylic acids is 2. The molecule has 0 radical (unpaired) electrons. The van der Waals surface area contributed by atoms with Crippen LogP contribution in [0.5, 0.6) is 0 Å². The maximum Gasteiger partial charge on any atom is 0.325 e. The number of hydrogen-bond acceptors (Lipinski definition) is 6. The van der Waals surface area contributed by atoms with E-state index in [0.717, 1.165) is 4.90 Å². The Kier molecular flexibility index (Phi) is 4.89. The highest BCUT2D eigenvalue weighted by atomic mass is 16.5. The van der Waals surface area contributed by atoms with E-state index in [1.165, 1.54) is 0 Å². The standard InChI is InChI=1S/C13H20N4O4/c1-8(2)6-9-12(18)17(13(19)14-9)7-11-15-10(16-21-11)4-5-20-3/h8-9H,4-7H2,1-3H3,(H,14,19). The van der Waals surface area contributed by atoms with Gasteiger partial charge in [0.2, 0.25) is 5.89 Å². The van der Waals surface area contributed by atoms with Crippen molar-refractivity contribution in [3.8, 4) is 0 Å². The van der Waals surface area contributed by atoms with Gasteiger partial charge in [-0.1, -0.05) is 19.0 Å². The van der Waals surface area contributed by atoms with Crippen molar-refractivity contribution in [3.05, 3.63) is 11.7 Å². The molecule has 116 valence electrons. The number of amides is 3. The first-order valence-corrected chi connectivity index (χ1v) is 6.93. The van der Waals surface area contributed by atoms with Gasteiger partial charge >= 0.3 is 6.03 Å². The molecule has 3 amide bonds. The Hall–Kier alpha value is -1.96. The summed E-state index contributed by atoms with van der Waals surface area (Å²) in [4.78, 5) is 29.3. The van der Waals surface area contributed by atoms with E-state index in [1.54, 1.807) is 7.11 Å². The minimum atomic E-state index is -0.464. The van der Waals surface area contributed by atoms with Crippen molar-refractivity contribution < 1.29 is 18.8 Å². The van der Waals surface area contributed by atoms with Crippen LogP contribution in [-0.4, -0.2) is 46.7 Å². The van der Waals surface area contributed by atoms with Gasteiger partial charge in [-0.15, -0.1) is 0 Å². The van der Waals surface area contributed by atoms with Gasteiger partial charge in [0, 0.05) is 13.5 Å². The molecule has 1 aromatic rings. The summed E-state index contributed by atoms with van der Waals surface area (Å²) in [5.41, 5.74) is 0. The zero-order chi connectivity index (χ0) is 15.4. The van der Waals surface area contributed by atoms with Crippen molar-refractivity contribution in [2.24, 2.45) is 5.92 Å². The Bertz CT molecular complexity index is 514. The molecule has 1 unspecified atom stereocenters. The van der Waals surface area contributed by atoms with Gasteiger partial charge < -0.3 is 14.6 Å². The summed E-state index contributed by atoms with van der Waals surface area (Å²) in [6.45, 7) is 4.49. The molecule has 1 saturated heterocycles. The van der Waals surface area contributed by atoms with Gasteiger partial charge in [-0.3, -0.25) is 9.69 Å². The number of ether oxygens (including phenoxy) is 1. The fourth-order valence-corrected chi connectivity index (χ4v) is 2.14. The number of urea groups is 1. The maximum atomic E-state index is 12.2. The van der Waals surface area contributed by atoms with Gasteiger partial charge in [0.1, 0.15) is 12.6 Å². The van der Waals surface area contributed by atoms with Crippen LogP contribution in [0.25, 0.3) is 0 Å². The van der Waals surface area contributed by atoms with E-state index in [4.69, 9.17) is 9.26 Å². The zero-order valence-corrected chi connectivity index (χ0v) is 12.5. The molecule has 1 N–H and O–H groups in total. The van der Waals surface area contributed by atoms with Gasteiger partial charge in [-0.05, 0) is 12.3 Å². The lowest BCUT2D eigenvalue weighted by molar-refractivity contribution is -0.128. The molecule has 2 heterocycles. The molecule has 1 aromatic heterocycles. The number of aromatic nitrogens is 2. The third-order valence-electron chi connectivity index (χ3n) is 3.15. The quantitative estimate of drug-likeness (QED) is 0.745. The number of imide groups is 1. The van der Waals surface area contributed by atoms with Crippen molar-refractivity contribution in [2.45, 2.75) is 39.3 Å². The predicted molar refractivity (Wildman–Crippen MR) is 72.2 cm³/mol. The molecule has 0 spiro atoms. The molecule has 0 saturated carbocycles. The summed E-state index contributed by atoms with van der Waals surface area (Å²) in [5, 5.41) is 6.45. The molecular formula is C13H20N4O4. The summed E-state index contributed by atoms with van der Waals surface area (Å²) in [6.07, 6.45) is 1.14. The maximum absolute atomic E-state index is 12.2. The number of nitrogens with one attached hydrogen (secondary N) is 1. The highest BCUT2D eigenvalue weighted by molar-refractivity contribution is 6.04. The second kappa shape index (κ2) is 6.66. The normalized spacial score (nSPS) is 18.7. The smallest absolute Gasteiger partial charge is 0.325 e. The molecule has 1 fully saturated rings. The highest BCUT2D eigenvalue weighted by Crippen LogP contribution is 2.16. The van der Waals surface area contributed by atoms with Crippen LogP contribution < -0.4 is 5.32 Å². The molecule has 2 rings (SSSR count). The Morgan fingerprint density at radius 3 is 2.86 bits per heavy atom. The number of rotatable bonds is 7. The second-order valence-electron chi connectivity index (χ2n) is 5.40. The van der Waals surface area contributed by atoms with Crippen molar-refractivity contribution in [1.82, 2.24) is 20.4 Å². The van der Waals surface area contributed by atoms with Crippen molar-refractivity contribution >= 4 is 11.9 Å². The van der Waals surface area contributed by atoms with Crippen LogP contribution in [0.2, 0.25) is 0 Å². The lowest BCUT2D eigenvalue weighted by Crippen LogP contribution is -2.31. The molecule has 0 aliphatic carbocycles. The summed E-state index contributed by atoms with van der Waals surface area (Å²) < 4.78 is 9.97. The van der Waals surface area contributed by atoms with Crippen LogP contribution in [0.15, 0.2) is 4.52 Å². The number of hydrogen-bond donors (Lipinski definition) is 1. The van der Waals surface area contributed by atoms with Crippen LogP contribution in [-0.2, 0) is 22.5 Å². The Morgan fingerprint density at radius 2 is 2.19 bits per heavy atom. The summed E-state index contributed by atoms with van der Waals surface area (Å²) in [6, 6.07) is -0.879. The number of methoxy groups -OCH3 is 1. The SMILES string of the molecule is COCCc1noc(CN2C(=O)NC(CC(C)C)C2=O)n1. The topological polar surface area (TPSA) is 97.6 Å². The molecule has 1 aliphatic heterocycles. The van der Waals surface area contributed by atoms with Gasteiger partial charge in [0.15, 0.2) is 5.82 Å². The van der Waals surface area contributed by atoms with Crippen molar-refractivity contribution in [2.75, 3.05) is 13.7 Å². The largest absolute Gasteiger partial charge is 0.384 e. The fourth-order valence-electron chi connectivity index (χ4n) is 2.14. The molecule has 21 heavy (non-hydrogen) atoms. The molecule has 1 aliphatic rings. The minimum Gasteiger partial charge on any atom is -0.384 e. The summed E-state index contributed by atoms with van der Waals surface area (Å²) in [7, 11) is 1.59. The lowest BCUT2D eigenvalue weighted by Gasteiger charge is -2.11. The summed E-state index contributed by atoms with van der Waals surface area (Å²) in [5.74, 6) is 0.820. The predicted octanol–water partition coefficient (Wildman–Crippen LogP) is 0.725. The van der Waals surface area contributed by atoms with E-state index in [9.17, 15) is 9.59 Å². The van der Waals surface area contributed by atoms with Crippen LogP contribution in [0.3, 0.4) is 0 Å². The van der Waals surface area contributed by atoms with Crippen molar-refractivity contribution in [3.63, 3.8) is 0 Å². The monoisotopic (exact) mass is 296 g/mol. The van der Waals surface area contributed by atoms with Gasteiger partial charge in [-0.25, -0.2) is 4.79 Å². The number of nitrogens with zero attached hydrogens (tertiary/aromatic N) is 3. The van der Waals surface area contributed by atoms with E-state index < -0.39 is 12.1 Å². The highest BCUT2D eigenvalue weighted by Gasteiger charge is 2.38.